The van der Waals surface area contributed by atoms with E-state index in [0.29, 0.717) is 19.1 Å². The summed E-state index contributed by atoms with van der Waals surface area (Å²) in [5.74, 6) is 0.678. The van der Waals surface area contributed by atoms with Crippen LogP contribution in [-0.2, 0) is 27.7 Å². The van der Waals surface area contributed by atoms with Crippen molar-refractivity contribution >= 4 is 51.6 Å². The number of rotatable bonds is 10. The molecule has 0 aliphatic rings. The summed E-state index contributed by atoms with van der Waals surface area (Å²) in [5, 5.41) is 7.20. The molecule has 0 aliphatic carbocycles. The van der Waals surface area contributed by atoms with E-state index in [1.54, 1.807) is 31.3 Å². The van der Waals surface area contributed by atoms with Crippen molar-refractivity contribution < 1.29 is 13.2 Å². The van der Waals surface area contributed by atoms with Gasteiger partial charge in [0.15, 0.2) is 5.96 Å². The Bertz CT molecular complexity index is 891. The summed E-state index contributed by atoms with van der Waals surface area (Å²) >= 11 is 5.89. The van der Waals surface area contributed by atoms with Crippen molar-refractivity contribution in [1.82, 2.24) is 15.4 Å². The van der Waals surface area contributed by atoms with E-state index >= 15 is 0 Å². The zero-order valence-electron chi connectivity index (χ0n) is 17.0. The second-order valence-corrected chi connectivity index (χ2v) is 8.47. The van der Waals surface area contributed by atoms with Crippen molar-refractivity contribution in [3.63, 3.8) is 0 Å². The van der Waals surface area contributed by atoms with E-state index in [9.17, 15) is 8.42 Å². The molecule has 0 fully saturated rings. The minimum Gasteiger partial charge on any atom is -0.383 e. The molecule has 0 heterocycles. The van der Waals surface area contributed by atoms with Crippen LogP contribution in [0.4, 0.5) is 0 Å². The Balaban J connectivity index is 0.00000450. The van der Waals surface area contributed by atoms with Gasteiger partial charge in [0.1, 0.15) is 0 Å². The Morgan fingerprint density at radius 1 is 1.00 bits per heavy atom. The van der Waals surface area contributed by atoms with Crippen LogP contribution in [0.3, 0.4) is 0 Å². The molecule has 10 heteroatoms. The highest BCUT2D eigenvalue weighted by molar-refractivity contribution is 14.0. The Morgan fingerprint density at radius 3 is 2.23 bits per heavy atom. The highest BCUT2D eigenvalue weighted by atomic mass is 127. The van der Waals surface area contributed by atoms with Crippen molar-refractivity contribution in [2.45, 2.75) is 17.9 Å². The molecule has 0 bridgehead atoms. The quantitative estimate of drug-likeness (QED) is 0.178. The fourth-order valence-corrected chi connectivity index (χ4v) is 3.67. The smallest absolute Gasteiger partial charge is 0.240 e. The lowest BCUT2D eigenvalue weighted by molar-refractivity contribution is 0.204. The molecule has 0 spiro atoms. The van der Waals surface area contributed by atoms with Crippen LogP contribution in [0, 0.1) is 0 Å². The summed E-state index contributed by atoms with van der Waals surface area (Å²) < 4.78 is 31.7. The van der Waals surface area contributed by atoms with Crippen LogP contribution < -0.4 is 15.4 Å². The predicted molar refractivity (Wildman–Crippen MR) is 132 cm³/mol. The topological polar surface area (TPSA) is 91.8 Å². The van der Waals surface area contributed by atoms with Crippen molar-refractivity contribution in [3.05, 3.63) is 64.7 Å². The zero-order valence-corrected chi connectivity index (χ0v) is 20.9. The standard InChI is InChI=1S/C20H27ClN4O3S.HI/c1-22-20(23-12-11-16-3-7-18(21)8-4-16)24-15-17-5-9-19(10-6-17)29(26,27)25-13-14-28-2;/h3-10,25H,11-15H2,1-2H3,(H2,22,23,24);1H. The van der Waals surface area contributed by atoms with E-state index in [1.807, 2.05) is 24.3 Å². The third-order valence-electron chi connectivity index (χ3n) is 4.13. The number of aliphatic imine (C=N–C) groups is 1. The van der Waals surface area contributed by atoms with E-state index in [2.05, 4.69) is 20.3 Å². The third kappa shape index (κ3) is 9.17. The minimum absolute atomic E-state index is 0. The Morgan fingerprint density at radius 2 is 1.63 bits per heavy atom. The summed E-state index contributed by atoms with van der Waals surface area (Å²) in [6.07, 6.45) is 0.848. The van der Waals surface area contributed by atoms with Crippen LogP contribution in [0.1, 0.15) is 11.1 Å². The van der Waals surface area contributed by atoms with Crippen LogP contribution in [0.2, 0.25) is 5.02 Å². The van der Waals surface area contributed by atoms with Gasteiger partial charge in [0.2, 0.25) is 10.0 Å². The van der Waals surface area contributed by atoms with E-state index in [-0.39, 0.29) is 35.4 Å². The first-order chi connectivity index (χ1) is 13.9. The first kappa shape index (κ1) is 26.6. The molecule has 0 saturated heterocycles. The molecule has 0 atom stereocenters. The number of ether oxygens (including phenoxy) is 1. The lowest BCUT2D eigenvalue weighted by atomic mass is 10.1. The lowest BCUT2D eigenvalue weighted by Gasteiger charge is -2.12. The van der Waals surface area contributed by atoms with Gasteiger partial charge in [-0.2, -0.15) is 0 Å². The van der Waals surface area contributed by atoms with Crippen LogP contribution in [0.5, 0.6) is 0 Å². The number of sulfonamides is 1. The summed E-state index contributed by atoms with van der Waals surface area (Å²) in [6.45, 7) is 1.81. The highest BCUT2D eigenvalue weighted by Crippen LogP contribution is 2.11. The van der Waals surface area contributed by atoms with Crippen molar-refractivity contribution in [2.75, 3.05) is 33.9 Å². The second kappa shape index (κ2) is 13.8. The van der Waals surface area contributed by atoms with Crippen LogP contribution in [0.25, 0.3) is 0 Å². The SMILES string of the molecule is CN=C(NCCc1ccc(Cl)cc1)NCc1ccc(S(=O)(=O)NCCOC)cc1.I. The third-order valence-corrected chi connectivity index (χ3v) is 5.86. The molecule has 3 N–H and O–H groups in total. The average Bonchev–Trinajstić information content (AvgIpc) is 2.72. The highest BCUT2D eigenvalue weighted by Gasteiger charge is 2.12. The second-order valence-electron chi connectivity index (χ2n) is 6.26. The van der Waals surface area contributed by atoms with Crippen molar-refractivity contribution in [2.24, 2.45) is 4.99 Å². The molecule has 7 nitrogen and oxygen atoms in total. The molecule has 0 unspecified atom stereocenters. The zero-order chi connectivity index (χ0) is 21.1. The number of benzene rings is 2. The van der Waals surface area contributed by atoms with Crippen LogP contribution >= 0.6 is 35.6 Å². The number of hydrogen-bond donors (Lipinski definition) is 3. The van der Waals surface area contributed by atoms with E-state index in [0.717, 1.165) is 23.6 Å². The molecule has 0 aliphatic heterocycles. The van der Waals surface area contributed by atoms with E-state index in [1.165, 1.54) is 12.7 Å². The minimum atomic E-state index is -3.52. The molecule has 2 rings (SSSR count). The molecule has 166 valence electrons. The Labute approximate surface area is 200 Å². The number of halogens is 2. The van der Waals surface area contributed by atoms with Gasteiger partial charge in [-0.05, 0) is 41.8 Å². The first-order valence-electron chi connectivity index (χ1n) is 9.21. The summed E-state index contributed by atoms with van der Waals surface area (Å²) in [6, 6.07) is 14.5. The van der Waals surface area contributed by atoms with Gasteiger partial charge >= 0.3 is 0 Å². The van der Waals surface area contributed by atoms with Gasteiger partial charge in [-0.15, -0.1) is 24.0 Å². The number of nitrogens with one attached hydrogen (secondary N) is 3. The number of guanidine groups is 1. The van der Waals surface area contributed by atoms with Gasteiger partial charge in [0.25, 0.3) is 0 Å². The predicted octanol–water partition coefficient (Wildman–Crippen LogP) is 2.79. The monoisotopic (exact) mass is 566 g/mol. The molecule has 2 aromatic rings. The van der Waals surface area contributed by atoms with Crippen molar-refractivity contribution in [3.8, 4) is 0 Å². The fourth-order valence-electron chi connectivity index (χ4n) is 2.53. The Kier molecular flexibility index (Phi) is 12.3. The Hall–Kier alpha value is -1.40. The van der Waals surface area contributed by atoms with Crippen LogP contribution in [-0.4, -0.2) is 48.2 Å². The van der Waals surface area contributed by atoms with Gasteiger partial charge in [-0.3, -0.25) is 4.99 Å². The molecule has 0 aromatic heterocycles. The fraction of sp³-hybridized carbons (Fsp3) is 0.350. The molecule has 2 aromatic carbocycles. The summed E-state index contributed by atoms with van der Waals surface area (Å²) in [5.41, 5.74) is 2.13. The molecule has 30 heavy (non-hydrogen) atoms. The van der Waals surface area contributed by atoms with Crippen LogP contribution in [0.15, 0.2) is 58.4 Å². The summed E-state index contributed by atoms with van der Waals surface area (Å²) in [7, 11) is -0.289. The number of nitrogens with zero attached hydrogens (tertiary/aromatic N) is 1. The number of hydrogen-bond acceptors (Lipinski definition) is 4. The maximum Gasteiger partial charge on any atom is 0.240 e. The molecule has 0 radical (unpaired) electrons. The number of methoxy groups -OCH3 is 1. The van der Waals surface area contributed by atoms with E-state index < -0.39 is 10.0 Å². The maximum atomic E-state index is 12.2. The maximum absolute atomic E-state index is 12.2. The molecule has 0 saturated carbocycles. The average molecular weight is 567 g/mol. The molecular weight excluding hydrogens is 539 g/mol. The lowest BCUT2D eigenvalue weighted by Crippen LogP contribution is -2.37. The molecule has 0 amide bonds. The summed E-state index contributed by atoms with van der Waals surface area (Å²) in [4.78, 5) is 4.43. The largest absolute Gasteiger partial charge is 0.383 e. The normalized spacial score (nSPS) is 11.6. The van der Waals surface area contributed by atoms with Crippen molar-refractivity contribution in [1.29, 1.82) is 0 Å². The van der Waals surface area contributed by atoms with Gasteiger partial charge in [-0.1, -0.05) is 35.9 Å². The first-order valence-corrected chi connectivity index (χ1v) is 11.1. The van der Waals surface area contributed by atoms with E-state index in [4.69, 9.17) is 16.3 Å². The van der Waals surface area contributed by atoms with Gasteiger partial charge in [0.05, 0.1) is 11.5 Å². The van der Waals surface area contributed by atoms with Gasteiger partial charge in [0, 0.05) is 38.8 Å². The molecular formula is C20H28ClIN4O3S. The van der Waals surface area contributed by atoms with Gasteiger partial charge < -0.3 is 15.4 Å². The van der Waals surface area contributed by atoms with Gasteiger partial charge in [-0.25, -0.2) is 13.1 Å².